The molecule has 0 aromatic rings. The van der Waals surface area contributed by atoms with Crippen molar-refractivity contribution >= 4 is 0 Å². The Morgan fingerprint density at radius 1 is 1.11 bits per heavy atom. The summed E-state index contributed by atoms with van der Waals surface area (Å²) in [5.41, 5.74) is 0. The van der Waals surface area contributed by atoms with E-state index in [4.69, 9.17) is 0 Å². The molecule has 0 bridgehead atoms. The molecule has 2 heteroatoms. The van der Waals surface area contributed by atoms with E-state index < -0.39 is 0 Å². The first kappa shape index (κ1) is 14.3. The average molecular weight is 252 g/mol. The molecule has 0 aromatic carbocycles. The topological polar surface area (TPSA) is 15.3 Å². The van der Waals surface area contributed by atoms with Gasteiger partial charge < -0.3 is 5.32 Å². The molecule has 1 N–H and O–H groups in total. The van der Waals surface area contributed by atoms with E-state index in [0.717, 1.165) is 23.9 Å². The highest BCUT2D eigenvalue weighted by atomic mass is 15.2. The molecule has 1 saturated heterocycles. The minimum absolute atomic E-state index is 0.805. The van der Waals surface area contributed by atoms with Gasteiger partial charge in [0.1, 0.15) is 0 Å². The molecule has 0 spiro atoms. The van der Waals surface area contributed by atoms with Crippen LogP contribution in [0, 0.1) is 11.8 Å². The zero-order chi connectivity index (χ0) is 13.0. The third kappa shape index (κ3) is 3.71. The predicted octanol–water partition coefficient (Wildman–Crippen LogP) is 3.28. The van der Waals surface area contributed by atoms with Crippen LogP contribution >= 0.6 is 0 Å². The molecule has 1 saturated carbocycles. The predicted molar refractivity (Wildman–Crippen MR) is 78.9 cm³/mol. The molecule has 2 nitrogen and oxygen atoms in total. The standard InChI is InChI=1S/C16H32N2/c1-4-18-11-5-6-16(18)12-17-15-9-7-14(8-10-15)13(2)3/h13-17H,4-12H2,1-3H3. The summed E-state index contributed by atoms with van der Waals surface area (Å²) in [7, 11) is 0. The molecular weight excluding hydrogens is 220 g/mol. The zero-order valence-electron chi connectivity index (χ0n) is 12.6. The van der Waals surface area contributed by atoms with Crippen molar-refractivity contribution in [3.05, 3.63) is 0 Å². The molecule has 1 heterocycles. The maximum absolute atomic E-state index is 3.85. The molecule has 0 radical (unpaired) electrons. The Morgan fingerprint density at radius 2 is 1.83 bits per heavy atom. The van der Waals surface area contributed by atoms with Crippen LogP contribution < -0.4 is 5.32 Å². The van der Waals surface area contributed by atoms with Crippen LogP contribution in [0.1, 0.15) is 59.3 Å². The second kappa shape index (κ2) is 6.91. The Kier molecular flexibility index (Phi) is 5.50. The maximum atomic E-state index is 3.85. The molecule has 106 valence electrons. The van der Waals surface area contributed by atoms with Crippen molar-refractivity contribution < 1.29 is 0 Å². The first-order chi connectivity index (χ1) is 8.70. The minimum atomic E-state index is 0.805. The van der Waals surface area contributed by atoms with E-state index in [0.29, 0.717) is 0 Å². The van der Waals surface area contributed by atoms with Crippen LogP contribution in [0.15, 0.2) is 0 Å². The average Bonchev–Trinajstić information content (AvgIpc) is 2.84. The SMILES string of the molecule is CCN1CCCC1CNC1CCC(C(C)C)CC1. The summed E-state index contributed by atoms with van der Waals surface area (Å²) in [4.78, 5) is 2.65. The van der Waals surface area contributed by atoms with Crippen LogP contribution in [-0.2, 0) is 0 Å². The number of rotatable bonds is 5. The normalized spacial score (nSPS) is 34.3. The number of nitrogens with one attached hydrogen (secondary N) is 1. The Labute approximate surface area is 114 Å². The number of nitrogens with zero attached hydrogens (tertiary/aromatic N) is 1. The van der Waals surface area contributed by atoms with E-state index in [1.807, 2.05) is 0 Å². The number of likely N-dealkylation sites (N-methyl/N-ethyl adjacent to an activating group) is 1. The second-order valence-electron chi connectivity index (χ2n) is 6.69. The highest BCUT2D eigenvalue weighted by Gasteiger charge is 2.26. The molecule has 1 unspecified atom stereocenters. The van der Waals surface area contributed by atoms with E-state index in [1.165, 1.54) is 58.2 Å². The third-order valence-corrected chi connectivity index (χ3v) is 5.26. The van der Waals surface area contributed by atoms with Crippen molar-refractivity contribution in [2.24, 2.45) is 11.8 Å². The summed E-state index contributed by atoms with van der Waals surface area (Å²) in [6, 6.07) is 1.62. The fraction of sp³-hybridized carbons (Fsp3) is 1.00. The van der Waals surface area contributed by atoms with Gasteiger partial charge in [0.05, 0.1) is 0 Å². The summed E-state index contributed by atoms with van der Waals surface area (Å²) in [5, 5.41) is 3.85. The van der Waals surface area contributed by atoms with Crippen LogP contribution in [0.5, 0.6) is 0 Å². The first-order valence-electron chi connectivity index (χ1n) is 8.18. The first-order valence-corrected chi connectivity index (χ1v) is 8.18. The maximum Gasteiger partial charge on any atom is 0.0221 e. The zero-order valence-corrected chi connectivity index (χ0v) is 12.6. The lowest BCUT2D eigenvalue weighted by Crippen LogP contribution is -2.43. The largest absolute Gasteiger partial charge is 0.312 e. The van der Waals surface area contributed by atoms with E-state index in [1.54, 1.807) is 0 Å². The summed E-state index contributed by atoms with van der Waals surface area (Å²) in [6.45, 7) is 10.8. The van der Waals surface area contributed by atoms with Gasteiger partial charge in [0.15, 0.2) is 0 Å². The van der Waals surface area contributed by atoms with Crippen LogP contribution in [-0.4, -0.2) is 36.6 Å². The molecule has 0 aromatic heterocycles. The fourth-order valence-electron chi connectivity index (χ4n) is 3.84. The molecule has 18 heavy (non-hydrogen) atoms. The van der Waals surface area contributed by atoms with Gasteiger partial charge in [0, 0.05) is 18.6 Å². The lowest BCUT2D eigenvalue weighted by atomic mass is 9.79. The fourth-order valence-corrected chi connectivity index (χ4v) is 3.84. The van der Waals surface area contributed by atoms with Crippen LogP contribution in [0.2, 0.25) is 0 Å². The van der Waals surface area contributed by atoms with Crippen molar-refractivity contribution in [3.63, 3.8) is 0 Å². The molecule has 1 aliphatic heterocycles. The van der Waals surface area contributed by atoms with Crippen molar-refractivity contribution in [3.8, 4) is 0 Å². The minimum Gasteiger partial charge on any atom is -0.312 e. The Balaban J connectivity index is 1.66. The monoisotopic (exact) mass is 252 g/mol. The van der Waals surface area contributed by atoms with Crippen molar-refractivity contribution in [1.29, 1.82) is 0 Å². The summed E-state index contributed by atoms with van der Waals surface area (Å²) < 4.78 is 0. The number of likely N-dealkylation sites (tertiary alicyclic amines) is 1. The molecule has 2 aliphatic rings. The smallest absolute Gasteiger partial charge is 0.0221 e. The van der Waals surface area contributed by atoms with Gasteiger partial charge in [-0.15, -0.1) is 0 Å². The van der Waals surface area contributed by atoms with Gasteiger partial charge in [-0.25, -0.2) is 0 Å². The van der Waals surface area contributed by atoms with Gasteiger partial charge in [0.2, 0.25) is 0 Å². The van der Waals surface area contributed by atoms with E-state index in [2.05, 4.69) is 31.0 Å². The molecule has 0 amide bonds. The van der Waals surface area contributed by atoms with Crippen LogP contribution in [0.25, 0.3) is 0 Å². The van der Waals surface area contributed by atoms with E-state index in [-0.39, 0.29) is 0 Å². The van der Waals surface area contributed by atoms with Gasteiger partial charge >= 0.3 is 0 Å². The lowest BCUT2D eigenvalue weighted by molar-refractivity contribution is 0.214. The van der Waals surface area contributed by atoms with E-state index in [9.17, 15) is 0 Å². The molecular formula is C16H32N2. The van der Waals surface area contributed by atoms with Gasteiger partial charge in [0.25, 0.3) is 0 Å². The van der Waals surface area contributed by atoms with Crippen LogP contribution in [0.3, 0.4) is 0 Å². The number of hydrogen-bond donors (Lipinski definition) is 1. The van der Waals surface area contributed by atoms with Crippen molar-refractivity contribution in [1.82, 2.24) is 10.2 Å². The lowest BCUT2D eigenvalue weighted by Gasteiger charge is -2.33. The summed E-state index contributed by atoms with van der Waals surface area (Å²) >= 11 is 0. The van der Waals surface area contributed by atoms with Gasteiger partial charge in [-0.05, 0) is 63.5 Å². The Hall–Kier alpha value is -0.0800. The van der Waals surface area contributed by atoms with Crippen molar-refractivity contribution in [2.45, 2.75) is 71.4 Å². The van der Waals surface area contributed by atoms with Crippen LogP contribution in [0.4, 0.5) is 0 Å². The summed E-state index contributed by atoms with van der Waals surface area (Å²) in [6.07, 6.45) is 8.50. The Bertz CT molecular complexity index is 231. The quantitative estimate of drug-likeness (QED) is 0.808. The molecule has 1 aliphatic carbocycles. The molecule has 2 rings (SSSR count). The number of hydrogen-bond acceptors (Lipinski definition) is 2. The second-order valence-corrected chi connectivity index (χ2v) is 6.69. The third-order valence-electron chi connectivity index (χ3n) is 5.26. The molecule has 2 fully saturated rings. The highest BCUT2D eigenvalue weighted by molar-refractivity contribution is 4.84. The van der Waals surface area contributed by atoms with Gasteiger partial charge in [-0.1, -0.05) is 20.8 Å². The van der Waals surface area contributed by atoms with Gasteiger partial charge in [-0.2, -0.15) is 0 Å². The van der Waals surface area contributed by atoms with E-state index >= 15 is 0 Å². The Morgan fingerprint density at radius 3 is 2.44 bits per heavy atom. The summed E-state index contributed by atoms with van der Waals surface area (Å²) in [5.74, 6) is 1.87. The van der Waals surface area contributed by atoms with Gasteiger partial charge in [-0.3, -0.25) is 4.90 Å². The highest BCUT2D eigenvalue weighted by Crippen LogP contribution is 2.30. The van der Waals surface area contributed by atoms with Crippen molar-refractivity contribution in [2.75, 3.05) is 19.6 Å². The molecule has 1 atom stereocenters.